The van der Waals surface area contributed by atoms with E-state index in [1.165, 1.54) is 4.90 Å². The fourth-order valence-corrected chi connectivity index (χ4v) is 4.29. The zero-order valence-corrected chi connectivity index (χ0v) is 23.6. The highest BCUT2D eigenvalue weighted by atomic mass is 16.6. The first-order valence-electron chi connectivity index (χ1n) is 13.7. The molecule has 40 heavy (non-hydrogen) atoms. The summed E-state index contributed by atoms with van der Waals surface area (Å²) in [6.45, 7) is 3.34. The molecule has 0 aliphatic heterocycles. The maximum atomic E-state index is 13.5. The minimum absolute atomic E-state index is 0.000524. The second-order valence-corrected chi connectivity index (χ2v) is 11.2. The molecule has 2 aromatic rings. The van der Waals surface area contributed by atoms with Crippen molar-refractivity contribution in [3.63, 3.8) is 0 Å². The highest BCUT2D eigenvalue weighted by Gasteiger charge is 2.35. The van der Waals surface area contributed by atoms with Crippen LogP contribution in [0.25, 0.3) is 0 Å². The summed E-state index contributed by atoms with van der Waals surface area (Å²) in [5.41, 5.74) is 5.75. The van der Waals surface area contributed by atoms with Gasteiger partial charge in [0.1, 0.15) is 0 Å². The van der Waals surface area contributed by atoms with Crippen LogP contribution >= 0.6 is 0 Å². The van der Waals surface area contributed by atoms with Crippen molar-refractivity contribution in [1.82, 2.24) is 24.9 Å². The molecule has 2 aliphatic rings. The van der Waals surface area contributed by atoms with Crippen molar-refractivity contribution in [3.05, 3.63) is 57.5 Å². The Morgan fingerprint density at radius 3 is 2.33 bits per heavy atom. The van der Waals surface area contributed by atoms with Crippen molar-refractivity contribution >= 4 is 18.0 Å². The third kappa shape index (κ3) is 7.30. The summed E-state index contributed by atoms with van der Waals surface area (Å²) in [6.07, 6.45) is 3.21. The molecule has 1 aromatic carbocycles. The SMILES string of the molecule is CN(C(=O)OCCc1c([C@H](COCc2ccccc2)NC(=O)C(C)(C)N)[nH]n(C(=O)N(C)C2CC2)c1=O)C1CC1. The first-order valence-corrected chi connectivity index (χ1v) is 13.7. The molecule has 0 spiro atoms. The maximum Gasteiger partial charge on any atom is 0.409 e. The number of hydrogen-bond donors (Lipinski definition) is 3. The summed E-state index contributed by atoms with van der Waals surface area (Å²) in [6, 6.07) is 8.47. The number of H-pyrrole nitrogens is 1. The first kappa shape index (κ1) is 29.3. The maximum absolute atomic E-state index is 13.5. The molecule has 0 radical (unpaired) electrons. The van der Waals surface area contributed by atoms with Gasteiger partial charge >= 0.3 is 12.1 Å². The second-order valence-electron chi connectivity index (χ2n) is 11.2. The van der Waals surface area contributed by atoms with Gasteiger partial charge in [-0.15, -0.1) is 0 Å². The van der Waals surface area contributed by atoms with Crippen LogP contribution in [0.1, 0.15) is 62.4 Å². The van der Waals surface area contributed by atoms with Crippen LogP contribution in [0.5, 0.6) is 0 Å². The molecule has 0 saturated heterocycles. The Labute approximate surface area is 233 Å². The highest BCUT2D eigenvalue weighted by Crippen LogP contribution is 2.27. The van der Waals surface area contributed by atoms with Crippen LogP contribution in [0.15, 0.2) is 35.1 Å². The molecule has 4 N–H and O–H groups in total. The summed E-state index contributed by atoms with van der Waals surface area (Å²) < 4.78 is 12.3. The Bertz CT molecular complexity index is 1260. The zero-order valence-electron chi connectivity index (χ0n) is 23.6. The predicted molar refractivity (Wildman–Crippen MR) is 148 cm³/mol. The quantitative estimate of drug-likeness (QED) is 0.362. The second kappa shape index (κ2) is 12.3. The number of aromatic nitrogens is 2. The van der Waals surface area contributed by atoms with Crippen LogP contribution in [0, 0.1) is 0 Å². The average Bonchev–Trinajstić information content (AvgIpc) is 3.85. The zero-order chi connectivity index (χ0) is 29.0. The van der Waals surface area contributed by atoms with Gasteiger partial charge in [-0.3, -0.25) is 14.7 Å². The van der Waals surface area contributed by atoms with Crippen LogP contribution in [0.3, 0.4) is 0 Å². The van der Waals surface area contributed by atoms with Crippen LogP contribution in [0.4, 0.5) is 9.59 Å². The molecule has 2 aliphatic carbocycles. The van der Waals surface area contributed by atoms with E-state index in [0.29, 0.717) is 5.69 Å². The van der Waals surface area contributed by atoms with E-state index in [1.54, 1.807) is 32.8 Å². The van der Waals surface area contributed by atoms with Gasteiger partial charge in [0.2, 0.25) is 5.91 Å². The summed E-state index contributed by atoms with van der Waals surface area (Å²) in [7, 11) is 3.34. The number of carbonyl (C=O) groups excluding carboxylic acids is 3. The molecule has 1 aromatic heterocycles. The van der Waals surface area contributed by atoms with Crippen molar-refractivity contribution in [3.8, 4) is 0 Å². The minimum atomic E-state index is -1.20. The summed E-state index contributed by atoms with van der Waals surface area (Å²) in [5.74, 6) is -0.459. The molecule has 218 valence electrons. The Morgan fingerprint density at radius 2 is 1.73 bits per heavy atom. The van der Waals surface area contributed by atoms with Crippen LogP contribution in [-0.4, -0.2) is 82.5 Å². The van der Waals surface area contributed by atoms with Gasteiger partial charge in [0, 0.05) is 38.2 Å². The molecule has 1 atom stereocenters. The topological polar surface area (TPSA) is 152 Å². The van der Waals surface area contributed by atoms with E-state index in [9.17, 15) is 19.2 Å². The van der Waals surface area contributed by atoms with Gasteiger partial charge in [-0.2, -0.15) is 4.68 Å². The van der Waals surface area contributed by atoms with Crippen molar-refractivity contribution in [2.75, 3.05) is 27.3 Å². The normalized spacial score (nSPS) is 15.8. The molecule has 1 heterocycles. The number of carbonyl (C=O) groups is 3. The number of benzene rings is 1. The van der Waals surface area contributed by atoms with Crippen molar-refractivity contribution in [1.29, 1.82) is 0 Å². The molecule has 0 unspecified atom stereocenters. The Kier molecular flexibility index (Phi) is 8.99. The van der Waals surface area contributed by atoms with Crippen LogP contribution in [-0.2, 0) is 27.3 Å². The summed E-state index contributed by atoms with van der Waals surface area (Å²) in [5, 5.41) is 5.81. The molecule has 2 fully saturated rings. The first-order chi connectivity index (χ1) is 19.0. The van der Waals surface area contributed by atoms with Gasteiger partial charge in [0.15, 0.2) is 0 Å². The third-order valence-corrected chi connectivity index (χ3v) is 7.20. The monoisotopic (exact) mass is 556 g/mol. The molecular formula is C28H40N6O6. The Morgan fingerprint density at radius 1 is 1.10 bits per heavy atom. The Balaban J connectivity index is 1.60. The van der Waals surface area contributed by atoms with E-state index in [0.717, 1.165) is 35.9 Å². The molecule has 3 amide bonds. The number of nitrogens with one attached hydrogen (secondary N) is 2. The smallest absolute Gasteiger partial charge is 0.409 e. The van der Waals surface area contributed by atoms with Gasteiger partial charge in [-0.25, -0.2) is 9.59 Å². The minimum Gasteiger partial charge on any atom is -0.449 e. The molecule has 2 saturated carbocycles. The predicted octanol–water partition coefficient (Wildman–Crippen LogP) is 2.12. The van der Waals surface area contributed by atoms with E-state index in [-0.39, 0.29) is 43.9 Å². The number of hydrogen-bond acceptors (Lipinski definition) is 7. The number of nitrogens with zero attached hydrogens (tertiary/aromatic N) is 3. The number of rotatable bonds is 12. The van der Waals surface area contributed by atoms with E-state index in [4.69, 9.17) is 15.2 Å². The summed E-state index contributed by atoms with van der Waals surface area (Å²) >= 11 is 0. The number of nitrogens with two attached hydrogens (primary N) is 1. The fraction of sp³-hybridized carbons (Fsp3) is 0.571. The third-order valence-electron chi connectivity index (χ3n) is 7.20. The van der Waals surface area contributed by atoms with E-state index in [1.807, 2.05) is 30.3 Å². The van der Waals surface area contributed by atoms with Gasteiger partial charge in [0.25, 0.3) is 5.56 Å². The van der Waals surface area contributed by atoms with E-state index in [2.05, 4.69) is 10.4 Å². The Hall–Kier alpha value is -3.64. The van der Waals surface area contributed by atoms with E-state index < -0.39 is 35.2 Å². The number of ether oxygens (including phenoxy) is 2. The van der Waals surface area contributed by atoms with Gasteiger partial charge in [-0.1, -0.05) is 30.3 Å². The fourth-order valence-electron chi connectivity index (χ4n) is 4.29. The lowest BCUT2D eigenvalue weighted by molar-refractivity contribution is -0.126. The molecule has 4 rings (SSSR count). The number of aromatic amines is 1. The van der Waals surface area contributed by atoms with Gasteiger partial charge in [-0.05, 0) is 45.1 Å². The standard InChI is InChI=1S/C28H40N6O6/c1-28(2,29)25(36)30-22(17-39-16-18-8-6-5-7-9-18)23-21(14-15-40-27(38)33(4)20-12-13-20)24(35)34(31-23)26(37)32(3)19-10-11-19/h5-9,19-20,22,31H,10-17,29H2,1-4H3,(H,30,36)/t22-/m0/s1. The van der Waals surface area contributed by atoms with Gasteiger partial charge < -0.3 is 30.3 Å². The molecular weight excluding hydrogens is 516 g/mol. The van der Waals surface area contributed by atoms with Crippen molar-refractivity contribution in [2.45, 2.75) is 76.2 Å². The van der Waals surface area contributed by atoms with Crippen LogP contribution < -0.4 is 16.6 Å². The average molecular weight is 557 g/mol. The summed E-state index contributed by atoms with van der Waals surface area (Å²) in [4.78, 5) is 55.1. The lowest BCUT2D eigenvalue weighted by Gasteiger charge is -2.24. The molecule has 0 bridgehead atoms. The lowest BCUT2D eigenvalue weighted by Crippen LogP contribution is -2.50. The van der Waals surface area contributed by atoms with Gasteiger partial charge in [0.05, 0.1) is 37.1 Å². The largest absolute Gasteiger partial charge is 0.449 e. The highest BCUT2D eigenvalue weighted by molar-refractivity contribution is 5.85. The molecule has 12 nitrogen and oxygen atoms in total. The lowest BCUT2D eigenvalue weighted by atomic mass is 10.0. The van der Waals surface area contributed by atoms with Crippen molar-refractivity contribution < 1.29 is 23.9 Å². The number of amides is 3. The van der Waals surface area contributed by atoms with E-state index >= 15 is 0 Å². The van der Waals surface area contributed by atoms with Crippen LogP contribution in [0.2, 0.25) is 0 Å². The molecule has 12 heteroatoms. The van der Waals surface area contributed by atoms with Crippen molar-refractivity contribution in [2.24, 2.45) is 5.73 Å².